The number of hydrogen-bond acceptors (Lipinski definition) is 4. The lowest BCUT2D eigenvalue weighted by atomic mass is 9.96. The number of rotatable bonds is 4. The smallest absolute Gasteiger partial charge is 0.0839 e. The summed E-state index contributed by atoms with van der Waals surface area (Å²) in [7, 11) is 0. The van der Waals surface area contributed by atoms with Crippen LogP contribution in [0.2, 0.25) is 10.0 Å². The molecule has 2 N–H and O–H groups in total. The van der Waals surface area contributed by atoms with Crippen LogP contribution in [0.4, 0.5) is 11.4 Å². The number of hydrazone groups is 2. The van der Waals surface area contributed by atoms with Crippen molar-refractivity contribution in [2.45, 2.75) is 25.7 Å². The van der Waals surface area contributed by atoms with Gasteiger partial charge in [0.1, 0.15) is 0 Å². The molecule has 0 radical (unpaired) electrons. The molecule has 0 saturated heterocycles. The maximum atomic E-state index is 5.89. The number of nitrogens with zero attached hydrogens (tertiary/aromatic N) is 2. The molecule has 0 amide bonds. The summed E-state index contributed by atoms with van der Waals surface area (Å²) in [6.45, 7) is 0. The highest BCUT2D eigenvalue weighted by molar-refractivity contribution is 6.43. The first-order valence-corrected chi connectivity index (χ1v) is 8.63. The van der Waals surface area contributed by atoms with Crippen molar-refractivity contribution in [1.82, 2.24) is 0 Å². The van der Waals surface area contributed by atoms with E-state index in [9.17, 15) is 0 Å². The van der Waals surface area contributed by atoms with Gasteiger partial charge in [0.25, 0.3) is 0 Å². The minimum Gasteiger partial charge on any atom is -0.278 e. The second-order valence-electron chi connectivity index (χ2n) is 5.56. The number of hydrogen-bond donors (Lipinski definition) is 2. The summed E-state index contributed by atoms with van der Waals surface area (Å²) in [5.41, 5.74) is 9.94. The molecule has 0 aliphatic heterocycles. The standard InChI is InChI=1S/C18H18Cl2N4/c19-13-5-9-15(10-6-13)21-23-17-3-1-2-4-18(17)24-22-16-11-7-14(20)8-12-16/h5-12,21-22H,1-4H2/b23-17+,24-18+. The summed E-state index contributed by atoms with van der Waals surface area (Å²) in [5, 5.41) is 10.5. The Morgan fingerprint density at radius 2 is 1.00 bits per heavy atom. The van der Waals surface area contributed by atoms with E-state index in [1.54, 1.807) is 0 Å². The van der Waals surface area contributed by atoms with E-state index in [2.05, 4.69) is 21.1 Å². The van der Waals surface area contributed by atoms with Crippen molar-refractivity contribution < 1.29 is 0 Å². The average Bonchev–Trinajstić information content (AvgIpc) is 2.61. The molecule has 1 saturated carbocycles. The van der Waals surface area contributed by atoms with Gasteiger partial charge in [0, 0.05) is 10.0 Å². The van der Waals surface area contributed by atoms with Gasteiger partial charge in [-0.25, -0.2) is 0 Å². The normalized spacial score (nSPS) is 17.9. The van der Waals surface area contributed by atoms with E-state index in [4.69, 9.17) is 23.2 Å². The quantitative estimate of drug-likeness (QED) is 0.676. The Hall–Kier alpha value is -2.04. The molecule has 0 atom stereocenters. The van der Waals surface area contributed by atoms with Gasteiger partial charge in [0.05, 0.1) is 22.8 Å². The minimum atomic E-state index is 0.709. The second-order valence-corrected chi connectivity index (χ2v) is 6.43. The largest absolute Gasteiger partial charge is 0.278 e. The fourth-order valence-electron chi connectivity index (χ4n) is 2.43. The monoisotopic (exact) mass is 360 g/mol. The minimum absolute atomic E-state index is 0.709. The first kappa shape index (κ1) is 16.8. The molecule has 1 fully saturated rings. The third kappa shape index (κ3) is 4.73. The Balaban J connectivity index is 1.70. The molecule has 0 spiro atoms. The molecule has 0 unspecified atom stereocenters. The predicted molar refractivity (Wildman–Crippen MR) is 103 cm³/mol. The topological polar surface area (TPSA) is 48.8 Å². The van der Waals surface area contributed by atoms with Crippen LogP contribution in [0.1, 0.15) is 25.7 Å². The molecule has 1 aliphatic carbocycles. The van der Waals surface area contributed by atoms with E-state index < -0.39 is 0 Å². The van der Waals surface area contributed by atoms with Crippen LogP contribution in [-0.2, 0) is 0 Å². The summed E-state index contributed by atoms with van der Waals surface area (Å²) in [6.07, 6.45) is 4.09. The Labute approximate surface area is 151 Å². The molecule has 2 aromatic carbocycles. The molecule has 24 heavy (non-hydrogen) atoms. The third-order valence-electron chi connectivity index (χ3n) is 3.74. The Morgan fingerprint density at radius 1 is 0.625 bits per heavy atom. The van der Waals surface area contributed by atoms with Gasteiger partial charge >= 0.3 is 0 Å². The van der Waals surface area contributed by atoms with E-state index in [-0.39, 0.29) is 0 Å². The van der Waals surface area contributed by atoms with Crippen LogP contribution < -0.4 is 10.9 Å². The second kappa shape index (κ2) is 8.18. The van der Waals surface area contributed by atoms with Crippen LogP contribution in [-0.4, -0.2) is 11.4 Å². The Bertz CT molecular complexity index is 671. The molecule has 124 valence electrons. The summed E-state index contributed by atoms with van der Waals surface area (Å²) in [5.74, 6) is 0. The highest BCUT2D eigenvalue weighted by Crippen LogP contribution is 2.18. The van der Waals surface area contributed by atoms with Crippen LogP contribution in [0, 0.1) is 0 Å². The van der Waals surface area contributed by atoms with Crippen LogP contribution >= 0.6 is 23.2 Å². The van der Waals surface area contributed by atoms with Crippen molar-refractivity contribution >= 4 is 46.0 Å². The molecule has 6 heteroatoms. The van der Waals surface area contributed by atoms with Crippen LogP contribution in [0.3, 0.4) is 0 Å². The lowest BCUT2D eigenvalue weighted by molar-refractivity contribution is 0.774. The molecule has 0 heterocycles. The summed E-state index contributed by atoms with van der Waals surface area (Å²) < 4.78 is 0. The summed E-state index contributed by atoms with van der Waals surface area (Å²) in [4.78, 5) is 0. The van der Waals surface area contributed by atoms with Gasteiger partial charge in [-0.2, -0.15) is 10.2 Å². The van der Waals surface area contributed by atoms with Crippen LogP contribution in [0.15, 0.2) is 58.7 Å². The molecule has 0 bridgehead atoms. The lowest BCUT2D eigenvalue weighted by Crippen LogP contribution is -2.21. The number of benzene rings is 2. The van der Waals surface area contributed by atoms with E-state index in [0.717, 1.165) is 48.5 Å². The fraction of sp³-hybridized carbons (Fsp3) is 0.222. The SMILES string of the molecule is Clc1ccc(N/N=C2\CCCC\C2=N/Nc2ccc(Cl)cc2)cc1. The first-order chi connectivity index (χ1) is 11.7. The number of halogens is 2. The van der Waals surface area contributed by atoms with Gasteiger partial charge in [0.15, 0.2) is 0 Å². The molecule has 2 aromatic rings. The molecular weight excluding hydrogens is 343 g/mol. The van der Waals surface area contributed by atoms with Crippen molar-refractivity contribution in [3.05, 3.63) is 58.6 Å². The zero-order valence-electron chi connectivity index (χ0n) is 13.1. The average molecular weight is 361 g/mol. The molecule has 3 rings (SSSR count). The Morgan fingerprint density at radius 3 is 1.38 bits per heavy atom. The van der Waals surface area contributed by atoms with E-state index >= 15 is 0 Å². The predicted octanol–water partition coefficient (Wildman–Crippen LogP) is 5.80. The van der Waals surface area contributed by atoms with Crippen molar-refractivity contribution in [2.75, 3.05) is 10.9 Å². The molecule has 0 aromatic heterocycles. The zero-order valence-corrected chi connectivity index (χ0v) is 14.6. The molecular formula is C18H18Cl2N4. The zero-order chi connectivity index (χ0) is 16.8. The van der Waals surface area contributed by atoms with Gasteiger partial charge < -0.3 is 0 Å². The third-order valence-corrected chi connectivity index (χ3v) is 4.24. The lowest BCUT2D eigenvalue weighted by Gasteiger charge is -2.16. The highest BCUT2D eigenvalue weighted by Gasteiger charge is 2.15. The van der Waals surface area contributed by atoms with Gasteiger partial charge in [-0.05, 0) is 74.2 Å². The van der Waals surface area contributed by atoms with Crippen molar-refractivity contribution in [1.29, 1.82) is 0 Å². The van der Waals surface area contributed by atoms with Gasteiger partial charge in [-0.3, -0.25) is 10.9 Å². The summed E-state index contributed by atoms with van der Waals surface area (Å²) >= 11 is 11.8. The summed E-state index contributed by atoms with van der Waals surface area (Å²) in [6, 6.07) is 14.9. The van der Waals surface area contributed by atoms with Gasteiger partial charge in [0.2, 0.25) is 0 Å². The van der Waals surface area contributed by atoms with E-state index in [0.29, 0.717) is 10.0 Å². The first-order valence-electron chi connectivity index (χ1n) is 7.87. The fourth-order valence-corrected chi connectivity index (χ4v) is 2.68. The van der Waals surface area contributed by atoms with E-state index in [1.165, 1.54) is 0 Å². The number of anilines is 2. The van der Waals surface area contributed by atoms with Gasteiger partial charge in [-0.15, -0.1) is 0 Å². The maximum Gasteiger partial charge on any atom is 0.0839 e. The van der Waals surface area contributed by atoms with Crippen molar-refractivity contribution in [3.8, 4) is 0 Å². The van der Waals surface area contributed by atoms with Crippen LogP contribution in [0.25, 0.3) is 0 Å². The van der Waals surface area contributed by atoms with Crippen molar-refractivity contribution in [2.24, 2.45) is 10.2 Å². The van der Waals surface area contributed by atoms with E-state index in [1.807, 2.05) is 48.5 Å². The Kier molecular flexibility index (Phi) is 5.72. The highest BCUT2D eigenvalue weighted by atomic mass is 35.5. The molecule has 1 aliphatic rings. The van der Waals surface area contributed by atoms with Crippen LogP contribution in [0.5, 0.6) is 0 Å². The number of nitrogens with one attached hydrogen (secondary N) is 2. The van der Waals surface area contributed by atoms with Gasteiger partial charge in [-0.1, -0.05) is 23.2 Å². The maximum absolute atomic E-state index is 5.89. The molecule has 4 nitrogen and oxygen atoms in total. The van der Waals surface area contributed by atoms with Crippen molar-refractivity contribution in [3.63, 3.8) is 0 Å².